The Balaban J connectivity index is 3.00. The van der Waals surface area contributed by atoms with E-state index in [9.17, 15) is 26.7 Å². The maximum absolute atomic E-state index is 12.5. The van der Waals surface area contributed by atoms with Crippen molar-refractivity contribution in [3.63, 3.8) is 0 Å². The maximum Gasteiger partial charge on any atom is 0.416 e. The van der Waals surface area contributed by atoms with Gasteiger partial charge in [-0.15, -0.1) is 0 Å². The lowest BCUT2D eigenvalue weighted by Gasteiger charge is -2.21. The average molecular weight is 360 g/mol. The van der Waals surface area contributed by atoms with Crippen molar-refractivity contribution in [1.29, 1.82) is 0 Å². The zero-order valence-electron chi connectivity index (χ0n) is 10.1. The van der Waals surface area contributed by atoms with E-state index in [1.807, 2.05) is 0 Å². The smallest absolute Gasteiger partial charge is 0.332 e. The Morgan fingerprint density at radius 3 is 2.45 bits per heavy atom. The van der Waals surface area contributed by atoms with Gasteiger partial charge < -0.3 is 4.90 Å². The van der Waals surface area contributed by atoms with Crippen LogP contribution >= 0.6 is 15.9 Å². The van der Waals surface area contributed by atoms with E-state index in [2.05, 4.69) is 15.9 Å². The molecular weight excluding hydrogens is 349 g/mol. The van der Waals surface area contributed by atoms with E-state index < -0.39 is 30.6 Å². The fraction of sp³-hybridized carbons (Fsp3) is 0.417. The molecule has 0 aliphatic carbocycles. The molecule has 1 amide bonds. The number of benzene rings is 1. The van der Waals surface area contributed by atoms with Crippen molar-refractivity contribution < 1.29 is 26.7 Å². The second kappa shape index (κ2) is 7.01. The van der Waals surface area contributed by atoms with Crippen molar-refractivity contribution in [2.24, 2.45) is 0 Å². The SMILES string of the molecule is O=C(c1cccc(C(F)(F)F)c1)N(CCBr)CC(F)F. The van der Waals surface area contributed by atoms with E-state index in [1.54, 1.807) is 0 Å². The van der Waals surface area contributed by atoms with Gasteiger partial charge in [0.2, 0.25) is 0 Å². The van der Waals surface area contributed by atoms with Crippen LogP contribution in [0.5, 0.6) is 0 Å². The van der Waals surface area contributed by atoms with Crippen LogP contribution in [0.3, 0.4) is 0 Å². The number of alkyl halides is 6. The van der Waals surface area contributed by atoms with Gasteiger partial charge in [-0.3, -0.25) is 4.79 Å². The summed E-state index contributed by atoms with van der Waals surface area (Å²) in [6.45, 7) is -0.833. The highest BCUT2D eigenvalue weighted by Crippen LogP contribution is 2.29. The van der Waals surface area contributed by atoms with Gasteiger partial charge in [0.1, 0.15) is 0 Å². The molecule has 0 spiro atoms. The Morgan fingerprint density at radius 1 is 1.30 bits per heavy atom. The van der Waals surface area contributed by atoms with Gasteiger partial charge in [0, 0.05) is 17.4 Å². The highest BCUT2D eigenvalue weighted by atomic mass is 79.9. The molecule has 0 bridgehead atoms. The number of carbonyl (C=O) groups excluding carboxylic acids is 1. The highest BCUT2D eigenvalue weighted by molar-refractivity contribution is 9.09. The summed E-state index contributed by atoms with van der Waals surface area (Å²) in [5.41, 5.74) is -1.25. The summed E-state index contributed by atoms with van der Waals surface area (Å²) >= 11 is 3.01. The fourth-order valence-electron chi connectivity index (χ4n) is 1.56. The maximum atomic E-state index is 12.5. The van der Waals surface area contributed by atoms with Crippen LogP contribution in [0.4, 0.5) is 22.0 Å². The first-order valence-corrected chi connectivity index (χ1v) is 6.68. The molecule has 0 atom stereocenters. The van der Waals surface area contributed by atoms with Gasteiger partial charge in [0.15, 0.2) is 0 Å². The van der Waals surface area contributed by atoms with Gasteiger partial charge in [0.05, 0.1) is 12.1 Å². The van der Waals surface area contributed by atoms with E-state index in [0.29, 0.717) is 6.07 Å². The lowest BCUT2D eigenvalue weighted by molar-refractivity contribution is -0.137. The Bertz CT molecular complexity index is 463. The van der Waals surface area contributed by atoms with Crippen molar-refractivity contribution >= 4 is 21.8 Å². The van der Waals surface area contributed by atoms with Crippen molar-refractivity contribution in [2.75, 3.05) is 18.4 Å². The molecule has 1 aromatic carbocycles. The normalized spacial score (nSPS) is 11.8. The molecule has 0 aliphatic rings. The van der Waals surface area contributed by atoms with Crippen LogP contribution in [0.15, 0.2) is 24.3 Å². The van der Waals surface area contributed by atoms with Crippen LogP contribution in [0.1, 0.15) is 15.9 Å². The molecule has 0 radical (unpaired) electrons. The molecule has 8 heteroatoms. The predicted octanol–water partition coefficient (Wildman–Crippen LogP) is 3.81. The van der Waals surface area contributed by atoms with Gasteiger partial charge in [-0.1, -0.05) is 22.0 Å². The summed E-state index contributed by atoms with van der Waals surface area (Å²) < 4.78 is 62.3. The minimum Gasteiger partial charge on any atom is -0.332 e. The van der Waals surface area contributed by atoms with Gasteiger partial charge in [-0.2, -0.15) is 13.2 Å². The number of rotatable bonds is 5. The Labute approximate surface area is 120 Å². The summed E-state index contributed by atoms with van der Waals surface area (Å²) in [6, 6.07) is 3.72. The van der Waals surface area contributed by atoms with E-state index >= 15 is 0 Å². The summed E-state index contributed by atoms with van der Waals surface area (Å²) in [4.78, 5) is 12.8. The van der Waals surface area contributed by atoms with Crippen molar-refractivity contribution in [3.8, 4) is 0 Å². The molecule has 0 unspecified atom stereocenters. The zero-order valence-corrected chi connectivity index (χ0v) is 11.7. The standard InChI is InChI=1S/C12H11BrF5NO/c13-4-5-19(7-10(14)15)11(20)8-2-1-3-9(6-8)12(16,17)18/h1-3,6,10H,4-5,7H2. The van der Waals surface area contributed by atoms with Crippen LogP contribution in [-0.2, 0) is 6.18 Å². The molecule has 2 nitrogen and oxygen atoms in total. The summed E-state index contributed by atoms with van der Waals surface area (Å²) in [6.07, 6.45) is -7.33. The van der Waals surface area contributed by atoms with Gasteiger partial charge in [-0.25, -0.2) is 8.78 Å². The molecule has 0 saturated carbocycles. The average Bonchev–Trinajstić information content (AvgIpc) is 2.36. The topological polar surface area (TPSA) is 20.3 Å². The second-order valence-corrected chi connectivity index (χ2v) is 4.70. The monoisotopic (exact) mass is 359 g/mol. The molecule has 0 fully saturated rings. The highest BCUT2D eigenvalue weighted by Gasteiger charge is 2.31. The van der Waals surface area contributed by atoms with Gasteiger partial charge in [-0.05, 0) is 18.2 Å². The fourth-order valence-corrected chi connectivity index (χ4v) is 1.98. The Morgan fingerprint density at radius 2 is 1.95 bits per heavy atom. The number of amides is 1. The van der Waals surface area contributed by atoms with Crippen molar-refractivity contribution in [1.82, 2.24) is 4.90 Å². The molecule has 1 aromatic rings. The lowest BCUT2D eigenvalue weighted by Crippen LogP contribution is -2.36. The molecule has 112 valence electrons. The third-order valence-corrected chi connectivity index (χ3v) is 2.79. The van der Waals surface area contributed by atoms with Gasteiger partial charge in [0.25, 0.3) is 12.3 Å². The van der Waals surface area contributed by atoms with E-state index in [0.717, 1.165) is 17.0 Å². The van der Waals surface area contributed by atoms with Crippen LogP contribution in [0.25, 0.3) is 0 Å². The van der Waals surface area contributed by atoms with E-state index in [-0.39, 0.29) is 17.4 Å². The van der Waals surface area contributed by atoms with Crippen molar-refractivity contribution in [2.45, 2.75) is 12.6 Å². The summed E-state index contributed by atoms with van der Waals surface area (Å²) in [7, 11) is 0. The predicted molar refractivity (Wildman–Crippen MR) is 67.1 cm³/mol. The largest absolute Gasteiger partial charge is 0.416 e. The quantitative estimate of drug-likeness (QED) is 0.578. The molecular formula is C12H11BrF5NO. The first kappa shape index (κ1) is 16.9. The van der Waals surface area contributed by atoms with Gasteiger partial charge >= 0.3 is 6.18 Å². The van der Waals surface area contributed by atoms with Crippen LogP contribution in [-0.4, -0.2) is 35.7 Å². The van der Waals surface area contributed by atoms with E-state index in [4.69, 9.17) is 0 Å². The van der Waals surface area contributed by atoms with Crippen molar-refractivity contribution in [3.05, 3.63) is 35.4 Å². The molecule has 0 saturated heterocycles. The van der Waals surface area contributed by atoms with Crippen LogP contribution in [0, 0.1) is 0 Å². The first-order chi connectivity index (χ1) is 9.25. The third kappa shape index (κ3) is 4.73. The number of nitrogens with zero attached hydrogens (tertiary/aromatic N) is 1. The molecule has 0 aliphatic heterocycles. The lowest BCUT2D eigenvalue weighted by atomic mass is 10.1. The summed E-state index contributed by atoms with van der Waals surface area (Å²) in [5, 5.41) is 0.254. The zero-order chi connectivity index (χ0) is 15.3. The Kier molecular flexibility index (Phi) is 5.91. The Hall–Kier alpha value is -1.18. The first-order valence-electron chi connectivity index (χ1n) is 5.56. The number of carbonyl (C=O) groups is 1. The third-order valence-electron chi connectivity index (χ3n) is 2.44. The number of hydrogen-bond acceptors (Lipinski definition) is 1. The summed E-state index contributed by atoms with van der Waals surface area (Å²) in [5.74, 6) is -0.851. The molecule has 0 N–H and O–H groups in total. The second-order valence-electron chi connectivity index (χ2n) is 3.91. The number of halogens is 6. The number of hydrogen-bond donors (Lipinski definition) is 0. The van der Waals surface area contributed by atoms with E-state index in [1.165, 1.54) is 6.07 Å². The molecule has 0 aromatic heterocycles. The minimum atomic E-state index is -4.58. The van der Waals surface area contributed by atoms with Crippen LogP contribution < -0.4 is 0 Å². The molecule has 20 heavy (non-hydrogen) atoms. The minimum absolute atomic E-state index is 0.0145. The molecule has 0 heterocycles. The van der Waals surface area contributed by atoms with Crippen LogP contribution in [0.2, 0.25) is 0 Å². The molecule has 1 rings (SSSR count).